The monoisotopic (exact) mass is 268 g/mol. The predicted octanol–water partition coefficient (Wildman–Crippen LogP) is 1.02. The second kappa shape index (κ2) is 7.36. The number of carbonyl (C=O) groups excluding carboxylic acids is 1. The van der Waals surface area contributed by atoms with E-state index in [0.29, 0.717) is 6.54 Å². The van der Waals surface area contributed by atoms with Gasteiger partial charge in [-0.15, -0.1) is 0 Å². The summed E-state index contributed by atoms with van der Waals surface area (Å²) in [5, 5.41) is 3.15. The Labute approximate surface area is 117 Å². The molecule has 110 valence electrons. The highest BCUT2D eigenvalue weighted by atomic mass is 16.2. The van der Waals surface area contributed by atoms with Crippen LogP contribution in [0.15, 0.2) is 4.99 Å². The van der Waals surface area contributed by atoms with Crippen LogP contribution in [0.5, 0.6) is 0 Å². The molecule has 1 atom stereocenters. The molecule has 0 bridgehead atoms. The average Bonchev–Trinajstić information content (AvgIpc) is 2.77. The summed E-state index contributed by atoms with van der Waals surface area (Å²) in [6.45, 7) is 6.93. The molecule has 1 saturated heterocycles. The topological polar surface area (TPSA) is 47.9 Å². The third-order valence-corrected chi connectivity index (χ3v) is 3.50. The van der Waals surface area contributed by atoms with Crippen LogP contribution in [0, 0.1) is 11.8 Å². The Morgan fingerprint density at radius 2 is 2.16 bits per heavy atom. The number of nitrogens with one attached hydrogen (secondary N) is 1. The minimum Gasteiger partial charge on any atom is -0.347 e. The van der Waals surface area contributed by atoms with Crippen LogP contribution in [0.3, 0.4) is 0 Å². The highest BCUT2D eigenvalue weighted by Gasteiger charge is 2.25. The molecule has 1 fully saturated rings. The number of hydrogen-bond acceptors (Lipinski definition) is 2. The summed E-state index contributed by atoms with van der Waals surface area (Å²) in [6, 6.07) is 0. The standard InChI is InChI=1S/C14H28N4O/c1-11(2)8-12-6-7-18(10-12)14(15-3)16-9-13(19)17(4)5/h11-12H,6-10H2,1-5H3,(H,15,16). The Balaban J connectivity index is 2.43. The van der Waals surface area contributed by atoms with E-state index in [1.165, 1.54) is 12.8 Å². The van der Waals surface area contributed by atoms with Crippen LogP contribution in [0.1, 0.15) is 26.7 Å². The molecule has 0 radical (unpaired) electrons. The smallest absolute Gasteiger partial charge is 0.241 e. The number of carbonyl (C=O) groups is 1. The van der Waals surface area contributed by atoms with Crippen LogP contribution in [-0.2, 0) is 4.79 Å². The molecule has 19 heavy (non-hydrogen) atoms. The van der Waals surface area contributed by atoms with Crippen molar-refractivity contribution in [2.24, 2.45) is 16.8 Å². The number of likely N-dealkylation sites (N-methyl/N-ethyl adjacent to an activating group) is 1. The quantitative estimate of drug-likeness (QED) is 0.612. The van der Waals surface area contributed by atoms with E-state index in [4.69, 9.17) is 0 Å². The Bertz CT molecular complexity index is 325. The molecule has 1 amide bonds. The number of nitrogens with zero attached hydrogens (tertiary/aromatic N) is 3. The molecular formula is C14H28N4O. The fourth-order valence-electron chi connectivity index (χ4n) is 2.53. The number of amides is 1. The van der Waals surface area contributed by atoms with Gasteiger partial charge in [-0.2, -0.15) is 0 Å². The van der Waals surface area contributed by atoms with Crippen molar-refractivity contribution in [3.05, 3.63) is 0 Å². The summed E-state index contributed by atoms with van der Waals surface area (Å²) in [5.41, 5.74) is 0. The first kappa shape index (κ1) is 15.8. The molecule has 0 spiro atoms. The zero-order valence-electron chi connectivity index (χ0n) is 12.9. The van der Waals surface area contributed by atoms with Crippen LogP contribution >= 0.6 is 0 Å². The molecule has 1 rings (SSSR count). The molecule has 0 aromatic rings. The maximum Gasteiger partial charge on any atom is 0.241 e. The van der Waals surface area contributed by atoms with Crippen molar-refractivity contribution in [3.63, 3.8) is 0 Å². The minimum absolute atomic E-state index is 0.0686. The first-order valence-electron chi connectivity index (χ1n) is 7.09. The van der Waals surface area contributed by atoms with Crippen molar-refractivity contribution >= 4 is 11.9 Å². The van der Waals surface area contributed by atoms with E-state index in [0.717, 1.165) is 30.9 Å². The van der Waals surface area contributed by atoms with Crippen LogP contribution in [0.2, 0.25) is 0 Å². The number of hydrogen-bond donors (Lipinski definition) is 1. The molecule has 0 aliphatic carbocycles. The van der Waals surface area contributed by atoms with E-state index in [2.05, 4.69) is 29.1 Å². The van der Waals surface area contributed by atoms with E-state index in [-0.39, 0.29) is 5.91 Å². The molecule has 1 aliphatic heterocycles. The van der Waals surface area contributed by atoms with Crippen LogP contribution in [0.4, 0.5) is 0 Å². The van der Waals surface area contributed by atoms with E-state index in [1.807, 2.05) is 0 Å². The first-order chi connectivity index (χ1) is 8.93. The zero-order valence-corrected chi connectivity index (χ0v) is 12.9. The minimum atomic E-state index is 0.0686. The van der Waals surface area contributed by atoms with Crippen molar-refractivity contribution in [1.82, 2.24) is 15.1 Å². The van der Waals surface area contributed by atoms with Crippen LogP contribution < -0.4 is 5.32 Å². The van der Waals surface area contributed by atoms with Crippen molar-refractivity contribution < 1.29 is 4.79 Å². The summed E-state index contributed by atoms with van der Waals surface area (Å²) >= 11 is 0. The molecule has 5 heteroatoms. The molecule has 1 N–H and O–H groups in total. The molecule has 1 unspecified atom stereocenters. The Hall–Kier alpha value is -1.26. The van der Waals surface area contributed by atoms with Gasteiger partial charge in [0.15, 0.2) is 5.96 Å². The van der Waals surface area contributed by atoms with Gasteiger partial charge in [-0.05, 0) is 24.7 Å². The Morgan fingerprint density at radius 1 is 1.47 bits per heavy atom. The lowest BCUT2D eigenvalue weighted by atomic mass is 9.97. The van der Waals surface area contributed by atoms with Gasteiger partial charge >= 0.3 is 0 Å². The Kier molecular flexibility index (Phi) is 6.12. The predicted molar refractivity (Wildman–Crippen MR) is 79.2 cm³/mol. The average molecular weight is 268 g/mol. The summed E-state index contributed by atoms with van der Waals surface area (Å²) in [4.78, 5) is 19.7. The van der Waals surface area contributed by atoms with Gasteiger partial charge in [0.05, 0.1) is 6.54 Å². The van der Waals surface area contributed by atoms with Crippen molar-refractivity contribution in [3.8, 4) is 0 Å². The van der Waals surface area contributed by atoms with Gasteiger partial charge in [0.2, 0.25) is 5.91 Å². The van der Waals surface area contributed by atoms with E-state index in [1.54, 1.807) is 26.0 Å². The van der Waals surface area contributed by atoms with Gasteiger partial charge in [0.25, 0.3) is 0 Å². The molecular weight excluding hydrogens is 240 g/mol. The second-order valence-corrected chi connectivity index (χ2v) is 5.92. The molecule has 0 aromatic carbocycles. The highest BCUT2D eigenvalue weighted by Crippen LogP contribution is 2.23. The zero-order chi connectivity index (χ0) is 14.4. The summed E-state index contributed by atoms with van der Waals surface area (Å²) < 4.78 is 0. The molecule has 0 saturated carbocycles. The van der Waals surface area contributed by atoms with E-state index >= 15 is 0 Å². The fourth-order valence-corrected chi connectivity index (χ4v) is 2.53. The maximum atomic E-state index is 11.6. The normalized spacial score (nSPS) is 20.0. The van der Waals surface area contributed by atoms with Crippen LogP contribution in [0.25, 0.3) is 0 Å². The van der Waals surface area contributed by atoms with Crippen molar-refractivity contribution in [1.29, 1.82) is 0 Å². The molecule has 1 aliphatic rings. The summed E-state index contributed by atoms with van der Waals surface area (Å²) in [7, 11) is 5.31. The lowest BCUT2D eigenvalue weighted by molar-refractivity contribution is -0.127. The van der Waals surface area contributed by atoms with Gasteiger partial charge in [-0.3, -0.25) is 9.79 Å². The van der Waals surface area contributed by atoms with Crippen LogP contribution in [-0.4, -0.2) is 62.4 Å². The third-order valence-electron chi connectivity index (χ3n) is 3.50. The fraction of sp³-hybridized carbons (Fsp3) is 0.857. The van der Waals surface area contributed by atoms with Crippen molar-refractivity contribution in [2.45, 2.75) is 26.7 Å². The molecule has 0 aromatic heterocycles. The number of aliphatic imine (C=N–C) groups is 1. The number of rotatable bonds is 4. The SMILES string of the molecule is CN=C(NCC(=O)N(C)C)N1CCC(CC(C)C)C1. The molecule has 5 nitrogen and oxygen atoms in total. The van der Waals surface area contributed by atoms with E-state index < -0.39 is 0 Å². The number of likely N-dealkylation sites (tertiary alicyclic amines) is 1. The largest absolute Gasteiger partial charge is 0.347 e. The van der Waals surface area contributed by atoms with Crippen molar-refractivity contribution in [2.75, 3.05) is 40.8 Å². The highest BCUT2D eigenvalue weighted by molar-refractivity contribution is 5.86. The lowest BCUT2D eigenvalue weighted by Gasteiger charge is -2.22. The van der Waals surface area contributed by atoms with Gasteiger partial charge in [-0.1, -0.05) is 13.8 Å². The Morgan fingerprint density at radius 3 is 2.68 bits per heavy atom. The van der Waals surface area contributed by atoms with Gasteiger partial charge in [0.1, 0.15) is 0 Å². The van der Waals surface area contributed by atoms with Gasteiger partial charge in [0, 0.05) is 34.2 Å². The van der Waals surface area contributed by atoms with Gasteiger partial charge < -0.3 is 15.1 Å². The molecule has 1 heterocycles. The maximum absolute atomic E-state index is 11.6. The van der Waals surface area contributed by atoms with E-state index in [9.17, 15) is 4.79 Å². The second-order valence-electron chi connectivity index (χ2n) is 5.92. The lowest BCUT2D eigenvalue weighted by Crippen LogP contribution is -2.44. The summed E-state index contributed by atoms with van der Waals surface area (Å²) in [5.74, 6) is 2.42. The number of guanidine groups is 1. The first-order valence-corrected chi connectivity index (χ1v) is 7.09. The van der Waals surface area contributed by atoms with Gasteiger partial charge in [-0.25, -0.2) is 0 Å². The third kappa shape index (κ3) is 5.09. The summed E-state index contributed by atoms with van der Waals surface area (Å²) in [6.07, 6.45) is 2.49.